The van der Waals surface area contributed by atoms with Crippen LogP contribution in [0, 0.1) is 0 Å². The van der Waals surface area contributed by atoms with Crippen LogP contribution < -0.4 is 5.56 Å². The first-order valence-electron chi connectivity index (χ1n) is 13.7. The van der Waals surface area contributed by atoms with Gasteiger partial charge in [-0.15, -0.1) is 0 Å². The second-order valence-electron chi connectivity index (χ2n) is 10.9. The number of aromatic nitrogens is 4. The number of hydrogen-bond donors (Lipinski definition) is 1. The second-order valence-corrected chi connectivity index (χ2v) is 14.3. The summed E-state index contributed by atoms with van der Waals surface area (Å²) >= 11 is 19.1. The Hall–Kier alpha value is -2.43. The van der Waals surface area contributed by atoms with Gasteiger partial charge in [0.25, 0.3) is 5.56 Å². The molecule has 2 aromatic heterocycles. The molecule has 0 aliphatic carbocycles. The lowest BCUT2D eigenvalue weighted by molar-refractivity contribution is 0.340. The first-order chi connectivity index (χ1) is 19.5. The van der Waals surface area contributed by atoms with Crippen LogP contribution in [-0.2, 0) is 22.0 Å². The summed E-state index contributed by atoms with van der Waals surface area (Å²) in [6, 6.07) is 10.5. The highest BCUT2D eigenvalue weighted by molar-refractivity contribution is 7.90. The number of benzene rings is 2. The maximum absolute atomic E-state index is 13.3. The highest BCUT2D eigenvalue weighted by atomic mass is 35.5. The molecule has 0 unspecified atom stereocenters. The molecule has 0 radical (unpaired) electrons. The van der Waals surface area contributed by atoms with Crippen LogP contribution in [0.1, 0.15) is 61.7 Å². The molecule has 0 amide bonds. The predicted octanol–water partition coefficient (Wildman–Crippen LogP) is 6.18. The summed E-state index contributed by atoms with van der Waals surface area (Å²) in [7, 11) is -3.20. The van der Waals surface area contributed by atoms with Gasteiger partial charge < -0.3 is 9.88 Å². The molecule has 0 bridgehead atoms. The van der Waals surface area contributed by atoms with Crippen LogP contribution in [0.2, 0.25) is 15.1 Å². The Labute approximate surface area is 254 Å². The van der Waals surface area contributed by atoms with E-state index in [-0.39, 0.29) is 33.0 Å². The summed E-state index contributed by atoms with van der Waals surface area (Å²) in [4.78, 5) is 23.2. The monoisotopic (exact) mass is 635 g/mol. The van der Waals surface area contributed by atoms with Crippen molar-refractivity contribution in [2.45, 2.75) is 51.2 Å². The largest absolute Gasteiger partial charge is 0.310 e. The molecule has 1 aliphatic rings. The van der Waals surface area contributed by atoms with E-state index >= 15 is 0 Å². The fourth-order valence-electron chi connectivity index (χ4n) is 5.26. The molecule has 1 N–H and O–H groups in total. The smallest absolute Gasteiger partial charge is 0.262 e. The number of rotatable bonds is 10. The first kappa shape index (κ1) is 30.0. The van der Waals surface area contributed by atoms with E-state index in [2.05, 4.69) is 15.0 Å². The Kier molecular flexibility index (Phi) is 9.11. The van der Waals surface area contributed by atoms with Crippen LogP contribution >= 0.6 is 34.8 Å². The molecule has 1 saturated heterocycles. The van der Waals surface area contributed by atoms with Gasteiger partial charge in [-0.2, -0.15) is 5.10 Å². The Balaban J connectivity index is 1.37. The zero-order valence-corrected chi connectivity index (χ0v) is 26.0. The van der Waals surface area contributed by atoms with E-state index < -0.39 is 9.84 Å². The molecular formula is C29H32Cl3N5O3S. The van der Waals surface area contributed by atoms with Crippen LogP contribution in [0.5, 0.6) is 0 Å². The van der Waals surface area contributed by atoms with Crippen molar-refractivity contribution >= 4 is 55.7 Å². The molecule has 0 saturated carbocycles. The lowest BCUT2D eigenvalue weighted by Crippen LogP contribution is -2.23. The highest BCUT2D eigenvalue weighted by Crippen LogP contribution is 2.34. The topological polar surface area (TPSA) is 101 Å². The number of sulfone groups is 1. The lowest BCUT2D eigenvalue weighted by atomic mass is 10.1. The summed E-state index contributed by atoms with van der Waals surface area (Å²) in [5.41, 5.74) is 2.62. The normalized spacial score (nSPS) is 14.5. The van der Waals surface area contributed by atoms with E-state index in [9.17, 15) is 13.2 Å². The number of hydrogen-bond acceptors (Lipinski definition) is 6. The van der Waals surface area contributed by atoms with E-state index in [0.29, 0.717) is 46.1 Å². The third-order valence-electron chi connectivity index (χ3n) is 7.26. The van der Waals surface area contributed by atoms with Gasteiger partial charge >= 0.3 is 0 Å². The molecule has 0 spiro atoms. The van der Waals surface area contributed by atoms with Gasteiger partial charge in [0.2, 0.25) is 0 Å². The third-order valence-corrected chi connectivity index (χ3v) is 9.74. The summed E-state index contributed by atoms with van der Waals surface area (Å²) in [6.45, 7) is 6.86. The molecule has 218 valence electrons. The van der Waals surface area contributed by atoms with Crippen LogP contribution in [0.15, 0.2) is 41.2 Å². The second kappa shape index (κ2) is 12.4. The Morgan fingerprint density at radius 2 is 1.63 bits per heavy atom. The van der Waals surface area contributed by atoms with Crippen molar-refractivity contribution in [1.82, 2.24) is 24.6 Å². The molecule has 12 heteroatoms. The molecule has 5 rings (SSSR count). The number of aromatic amines is 1. The Bertz CT molecular complexity index is 1700. The van der Waals surface area contributed by atoms with Crippen molar-refractivity contribution in [2.75, 3.05) is 25.4 Å². The van der Waals surface area contributed by atoms with Crippen LogP contribution in [-0.4, -0.2) is 58.5 Å². The fraction of sp³-hybridized carbons (Fsp3) is 0.414. The molecule has 0 atom stereocenters. The molecule has 41 heavy (non-hydrogen) atoms. The zero-order valence-electron chi connectivity index (χ0n) is 23.0. The maximum Gasteiger partial charge on any atom is 0.262 e. The molecule has 1 aliphatic heterocycles. The number of nitrogens with zero attached hydrogens (tertiary/aromatic N) is 4. The minimum atomic E-state index is -3.20. The SMILES string of the molecule is CC(C)c1nn(-c2c(Cl)cc(Cl)cc2Cl)c2nc(Cc3ccc(CS(=O)(=O)CCCN4CCCC4)cc3)[nH]c(=O)c12. The summed E-state index contributed by atoms with van der Waals surface area (Å²) in [6.07, 6.45) is 3.38. The minimum absolute atomic E-state index is 0.00803. The average molecular weight is 637 g/mol. The van der Waals surface area contributed by atoms with Gasteiger partial charge in [0.1, 0.15) is 16.9 Å². The average Bonchev–Trinajstić information content (AvgIpc) is 3.53. The van der Waals surface area contributed by atoms with Gasteiger partial charge in [0.05, 0.1) is 27.2 Å². The van der Waals surface area contributed by atoms with Crippen LogP contribution in [0.3, 0.4) is 0 Å². The van der Waals surface area contributed by atoms with Gasteiger partial charge in [-0.1, -0.05) is 72.9 Å². The van der Waals surface area contributed by atoms with E-state index in [1.54, 1.807) is 12.1 Å². The van der Waals surface area contributed by atoms with Gasteiger partial charge in [-0.05, 0) is 68.1 Å². The zero-order chi connectivity index (χ0) is 29.3. The molecule has 1 fully saturated rings. The van der Waals surface area contributed by atoms with Gasteiger partial charge in [-0.3, -0.25) is 4.79 Å². The van der Waals surface area contributed by atoms with Crippen LogP contribution in [0.4, 0.5) is 0 Å². The highest BCUT2D eigenvalue weighted by Gasteiger charge is 2.23. The van der Waals surface area contributed by atoms with E-state index in [0.717, 1.165) is 30.8 Å². The molecule has 4 aromatic rings. The molecule has 2 aromatic carbocycles. The standard InChI is InChI=1S/C29H32Cl3N5O3S/c1-18(2)26-25-28(37(35-26)27-22(31)15-21(30)16-23(27)32)33-24(34-29(25)38)14-19-6-8-20(9-7-19)17-41(39,40)13-5-12-36-10-3-4-11-36/h6-9,15-16,18H,3-5,10-14,17H2,1-2H3,(H,33,34,38). The molecule has 3 heterocycles. The number of likely N-dealkylation sites (tertiary alicyclic amines) is 1. The summed E-state index contributed by atoms with van der Waals surface area (Å²) in [5.74, 6) is 0.571. The van der Waals surface area contributed by atoms with Gasteiger partial charge in [0.15, 0.2) is 15.5 Å². The van der Waals surface area contributed by atoms with Gasteiger partial charge in [-0.25, -0.2) is 18.1 Å². The van der Waals surface area contributed by atoms with Crippen LogP contribution in [0.25, 0.3) is 16.7 Å². The van der Waals surface area contributed by atoms with Crippen molar-refractivity contribution < 1.29 is 8.42 Å². The van der Waals surface area contributed by atoms with E-state index in [1.807, 2.05) is 38.1 Å². The van der Waals surface area contributed by atoms with Crippen molar-refractivity contribution in [1.29, 1.82) is 0 Å². The number of halogens is 3. The van der Waals surface area contributed by atoms with Crippen molar-refractivity contribution in [3.05, 3.63) is 84.5 Å². The number of nitrogens with one attached hydrogen (secondary N) is 1. The van der Waals surface area contributed by atoms with Crippen molar-refractivity contribution in [2.24, 2.45) is 0 Å². The first-order valence-corrected chi connectivity index (χ1v) is 16.6. The number of fused-ring (bicyclic) bond motifs is 1. The van der Waals surface area contributed by atoms with E-state index in [4.69, 9.17) is 39.8 Å². The molecule has 8 nitrogen and oxygen atoms in total. The molecular weight excluding hydrogens is 605 g/mol. The Morgan fingerprint density at radius 3 is 2.27 bits per heavy atom. The lowest BCUT2D eigenvalue weighted by Gasteiger charge is -2.14. The maximum atomic E-state index is 13.3. The minimum Gasteiger partial charge on any atom is -0.310 e. The number of H-pyrrole nitrogens is 1. The van der Waals surface area contributed by atoms with Crippen molar-refractivity contribution in [3.63, 3.8) is 0 Å². The summed E-state index contributed by atoms with van der Waals surface area (Å²) < 4.78 is 26.9. The van der Waals surface area contributed by atoms with E-state index in [1.165, 1.54) is 17.5 Å². The quantitative estimate of drug-likeness (QED) is 0.223. The third kappa shape index (κ3) is 6.97. The van der Waals surface area contributed by atoms with Crippen molar-refractivity contribution in [3.8, 4) is 5.69 Å². The summed E-state index contributed by atoms with van der Waals surface area (Å²) in [5, 5.41) is 6.00. The Morgan fingerprint density at radius 1 is 1.00 bits per heavy atom. The fourth-order valence-corrected chi connectivity index (χ4v) is 7.65. The van der Waals surface area contributed by atoms with Gasteiger partial charge in [0, 0.05) is 11.4 Å². The predicted molar refractivity (Wildman–Crippen MR) is 166 cm³/mol.